The van der Waals surface area contributed by atoms with Gasteiger partial charge in [0.1, 0.15) is 12.4 Å². The smallest absolute Gasteiger partial charge is 0.246 e. The van der Waals surface area contributed by atoms with Crippen LogP contribution in [0.3, 0.4) is 0 Å². The maximum absolute atomic E-state index is 12.5. The maximum Gasteiger partial charge on any atom is 0.246 e. The minimum absolute atomic E-state index is 0.121. The largest absolute Gasteiger partial charge is 0.476 e. The van der Waals surface area contributed by atoms with E-state index in [2.05, 4.69) is 64.7 Å². The Labute approximate surface area is 241 Å². The molecule has 41 heavy (non-hydrogen) atoms. The predicted molar refractivity (Wildman–Crippen MR) is 160 cm³/mol. The average Bonchev–Trinajstić information content (AvgIpc) is 3.43. The monoisotopic (exact) mass is 551 g/mol. The first-order valence-electron chi connectivity index (χ1n) is 14.5. The minimum atomic E-state index is -0.195. The van der Waals surface area contributed by atoms with Crippen LogP contribution in [-0.4, -0.2) is 84.1 Å². The Hall–Kier alpha value is -4.16. The summed E-state index contributed by atoms with van der Waals surface area (Å²) < 4.78 is 6.38. The lowest BCUT2D eigenvalue weighted by atomic mass is 9.99. The van der Waals surface area contributed by atoms with Gasteiger partial charge in [-0.15, -0.1) is 0 Å². The normalized spacial score (nSPS) is 21.0. The number of nitriles is 1. The zero-order valence-corrected chi connectivity index (χ0v) is 23.7. The number of fused-ring (bicyclic) bond motifs is 2. The molecule has 2 saturated heterocycles. The van der Waals surface area contributed by atoms with Crippen LogP contribution in [0.5, 0.6) is 5.88 Å². The number of ether oxygens (including phenoxy) is 1. The zero-order chi connectivity index (χ0) is 28.3. The standard InChI is InChI=1S/C32H37N7O2/c1-3-31(40)39-18-17-37(20-24(39)10-13-33)29-19-30(41-22-25-8-6-15-36(25)2)35-28-21-38(16-12-27(28)29)32-26-9-5-4-7-23(26)11-14-34-32/h3-5,7,9,11,14,19,24-25H,1,6,8,10,12,15-18,20-22H2,2H3/t24?,25-/m0/s1. The van der Waals surface area contributed by atoms with E-state index in [9.17, 15) is 10.1 Å². The van der Waals surface area contributed by atoms with E-state index in [1.54, 1.807) is 4.90 Å². The van der Waals surface area contributed by atoms with Gasteiger partial charge in [-0.1, -0.05) is 30.8 Å². The van der Waals surface area contributed by atoms with Crippen LogP contribution in [0.1, 0.15) is 30.5 Å². The number of aromatic nitrogens is 2. The Morgan fingerprint density at radius 2 is 2.05 bits per heavy atom. The van der Waals surface area contributed by atoms with E-state index >= 15 is 0 Å². The Morgan fingerprint density at radius 3 is 2.85 bits per heavy atom. The van der Waals surface area contributed by atoms with Crippen molar-refractivity contribution in [2.75, 3.05) is 56.2 Å². The van der Waals surface area contributed by atoms with Gasteiger partial charge in [0.15, 0.2) is 0 Å². The highest BCUT2D eigenvalue weighted by molar-refractivity contribution is 5.92. The first-order valence-corrected chi connectivity index (χ1v) is 14.5. The van der Waals surface area contributed by atoms with Gasteiger partial charge in [0.2, 0.25) is 11.8 Å². The topological polar surface area (TPSA) is 88.8 Å². The number of anilines is 2. The fourth-order valence-electron chi connectivity index (χ4n) is 6.52. The number of pyridine rings is 2. The van der Waals surface area contributed by atoms with E-state index in [1.807, 2.05) is 12.3 Å². The van der Waals surface area contributed by atoms with Gasteiger partial charge in [0.05, 0.1) is 30.8 Å². The van der Waals surface area contributed by atoms with Crippen LogP contribution in [-0.2, 0) is 17.8 Å². The first-order chi connectivity index (χ1) is 20.1. The number of nitrogens with zero attached hydrogens (tertiary/aromatic N) is 7. The third-order valence-electron chi connectivity index (χ3n) is 8.79. The summed E-state index contributed by atoms with van der Waals surface area (Å²) in [6.07, 6.45) is 6.64. The molecule has 6 rings (SSSR count). The molecule has 0 spiro atoms. The van der Waals surface area contributed by atoms with Crippen LogP contribution in [0, 0.1) is 11.3 Å². The quantitative estimate of drug-likeness (QED) is 0.410. The fourth-order valence-corrected chi connectivity index (χ4v) is 6.52. The second-order valence-corrected chi connectivity index (χ2v) is 11.2. The van der Waals surface area contributed by atoms with E-state index < -0.39 is 0 Å². The Morgan fingerprint density at radius 1 is 1.17 bits per heavy atom. The molecule has 0 aliphatic carbocycles. The van der Waals surface area contributed by atoms with Gasteiger partial charge in [0, 0.05) is 61.1 Å². The lowest BCUT2D eigenvalue weighted by Crippen LogP contribution is -2.55. The van der Waals surface area contributed by atoms with Crippen molar-refractivity contribution in [1.29, 1.82) is 5.26 Å². The number of carbonyl (C=O) groups is 1. The van der Waals surface area contributed by atoms with E-state index in [-0.39, 0.29) is 18.4 Å². The Bertz CT molecular complexity index is 1480. The van der Waals surface area contributed by atoms with Gasteiger partial charge in [0.25, 0.3) is 0 Å². The number of likely N-dealkylation sites (N-methyl/N-ethyl adjacent to an activating group) is 1. The molecule has 9 nitrogen and oxygen atoms in total. The average molecular weight is 552 g/mol. The molecule has 2 fully saturated rings. The second kappa shape index (κ2) is 11.8. The van der Waals surface area contributed by atoms with Crippen LogP contribution >= 0.6 is 0 Å². The molecule has 5 heterocycles. The van der Waals surface area contributed by atoms with Crippen molar-refractivity contribution in [2.45, 2.75) is 44.3 Å². The summed E-state index contributed by atoms with van der Waals surface area (Å²) in [5, 5.41) is 11.8. The SMILES string of the molecule is C=CC(=O)N1CCN(c2cc(OC[C@@H]3CCCN3C)nc3c2CCN(c2nccc4ccccc24)C3)CC1CC#N. The summed E-state index contributed by atoms with van der Waals surface area (Å²) in [6, 6.07) is 15.0. The van der Waals surface area contributed by atoms with Gasteiger partial charge in [-0.05, 0) is 50.4 Å². The molecule has 0 N–H and O–H groups in total. The number of amides is 1. The molecule has 1 amide bonds. The first kappa shape index (κ1) is 27.0. The lowest BCUT2D eigenvalue weighted by Gasteiger charge is -2.43. The minimum Gasteiger partial charge on any atom is -0.476 e. The number of carbonyl (C=O) groups excluding carboxylic acids is 1. The van der Waals surface area contributed by atoms with Gasteiger partial charge >= 0.3 is 0 Å². The van der Waals surface area contributed by atoms with Gasteiger partial charge in [-0.25, -0.2) is 9.97 Å². The van der Waals surface area contributed by atoms with Gasteiger partial charge in [-0.2, -0.15) is 5.26 Å². The van der Waals surface area contributed by atoms with Crippen molar-refractivity contribution in [3.05, 3.63) is 66.5 Å². The summed E-state index contributed by atoms with van der Waals surface area (Å²) in [7, 11) is 2.15. The summed E-state index contributed by atoms with van der Waals surface area (Å²) in [5.41, 5.74) is 3.31. The van der Waals surface area contributed by atoms with Crippen LogP contribution < -0.4 is 14.5 Å². The molecular formula is C32H37N7O2. The summed E-state index contributed by atoms with van der Waals surface area (Å²) in [5.74, 6) is 1.49. The van der Waals surface area contributed by atoms with Crippen LogP contribution in [0.2, 0.25) is 0 Å². The van der Waals surface area contributed by atoms with Crippen LogP contribution in [0.25, 0.3) is 10.8 Å². The third kappa shape index (κ3) is 5.44. The number of piperazine rings is 1. The molecule has 1 aromatic carbocycles. The summed E-state index contributed by atoms with van der Waals surface area (Å²) in [4.78, 5) is 31.1. The third-order valence-corrected chi connectivity index (χ3v) is 8.79. The number of hydrogen-bond acceptors (Lipinski definition) is 8. The van der Waals surface area contributed by atoms with Crippen molar-refractivity contribution in [1.82, 2.24) is 19.8 Å². The highest BCUT2D eigenvalue weighted by atomic mass is 16.5. The molecular weight excluding hydrogens is 514 g/mol. The molecule has 1 unspecified atom stereocenters. The molecule has 0 saturated carbocycles. The van der Waals surface area contributed by atoms with Gasteiger partial charge < -0.3 is 24.3 Å². The molecule has 3 aromatic rings. The number of hydrogen-bond donors (Lipinski definition) is 0. The molecule has 3 aliphatic rings. The van der Waals surface area contributed by atoms with Crippen molar-refractivity contribution in [3.8, 4) is 11.9 Å². The van der Waals surface area contributed by atoms with Crippen molar-refractivity contribution < 1.29 is 9.53 Å². The number of rotatable bonds is 7. The van der Waals surface area contributed by atoms with E-state index in [0.717, 1.165) is 48.5 Å². The van der Waals surface area contributed by atoms with Crippen LogP contribution in [0.15, 0.2) is 55.3 Å². The Balaban J connectivity index is 1.33. The second-order valence-electron chi connectivity index (χ2n) is 11.2. The number of likely N-dealkylation sites (tertiary alicyclic amines) is 1. The molecule has 0 radical (unpaired) electrons. The fraction of sp³-hybridized carbons (Fsp3) is 0.438. The lowest BCUT2D eigenvalue weighted by molar-refractivity contribution is -0.128. The zero-order valence-electron chi connectivity index (χ0n) is 23.7. The Kier molecular flexibility index (Phi) is 7.75. The highest BCUT2D eigenvalue weighted by Gasteiger charge is 2.33. The van der Waals surface area contributed by atoms with Crippen molar-refractivity contribution >= 4 is 28.2 Å². The molecule has 2 aromatic heterocycles. The van der Waals surface area contributed by atoms with Gasteiger partial charge in [-0.3, -0.25) is 4.79 Å². The van der Waals surface area contributed by atoms with Crippen LogP contribution in [0.4, 0.5) is 11.5 Å². The predicted octanol–water partition coefficient (Wildman–Crippen LogP) is 3.78. The summed E-state index contributed by atoms with van der Waals surface area (Å²) in [6.45, 7) is 8.64. The molecule has 2 atom stereocenters. The molecule has 9 heteroatoms. The molecule has 0 bridgehead atoms. The van der Waals surface area contributed by atoms with E-state index in [4.69, 9.17) is 14.7 Å². The molecule has 212 valence electrons. The molecule has 3 aliphatic heterocycles. The summed E-state index contributed by atoms with van der Waals surface area (Å²) >= 11 is 0. The number of benzene rings is 1. The maximum atomic E-state index is 12.5. The van der Waals surface area contributed by atoms with Crippen molar-refractivity contribution in [3.63, 3.8) is 0 Å². The highest BCUT2D eigenvalue weighted by Crippen LogP contribution is 2.36. The van der Waals surface area contributed by atoms with Crippen molar-refractivity contribution in [2.24, 2.45) is 0 Å². The van der Waals surface area contributed by atoms with E-state index in [0.29, 0.717) is 44.7 Å². The van der Waals surface area contributed by atoms with E-state index in [1.165, 1.54) is 23.4 Å².